The molecule has 2 atom stereocenters. The molecule has 0 aliphatic carbocycles. The Kier molecular flexibility index (Phi) is 6.67. The van der Waals surface area contributed by atoms with Crippen molar-refractivity contribution in [3.8, 4) is 11.5 Å². The molecule has 2 unspecified atom stereocenters. The lowest BCUT2D eigenvalue weighted by molar-refractivity contribution is -0.130. The van der Waals surface area contributed by atoms with Crippen molar-refractivity contribution in [1.29, 1.82) is 0 Å². The molecule has 1 aromatic heterocycles. The molecular formula is C25H31N3O3S. The number of likely N-dealkylation sites (N-methyl/N-ethyl adjacent to an activating group) is 1. The summed E-state index contributed by atoms with van der Waals surface area (Å²) in [6, 6.07) is 11.7. The van der Waals surface area contributed by atoms with E-state index in [0.29, 0.717) is 23.2 Å². The van der Waals surface area contributed by atoms with Crippen LogP contribution in [0.2, 0.25) is 0 Å². The van der Waals surface area contributed by atoms with Gasteiger partial charge in [-0.1, -0.05) is 43.4 Å². The maximum absolute atomic E-state index is 13.8. The van der Waals surface area contributed by atoms with Gasteiger partial charge < -0.3 is 14.4 Å². The summed E-state index contributed by atoms with van der Waals surface area (Å²) < 4.78 is 13.2. The van der Waals surface area contributed by atoms with Crippen molar-refractivity contribution in [2.75, 3.05) is 31.1 Å². The molecule has 6 nitrogen and oxygen atoms in total. The van der Waals surface area contributed by atoms with Gasteiger partial charge in [0.1, 0.15) is 6.10 Å². The summed E-state index contributed by atoms with van der Waals surface area (Å²) in [7, 11) is 0. The van der Waals surface area contributed by atoms with Crippen molar-refractivity contribution in [2.45, 2.75) is 46.8 Å². The van der Waals surface area contributed by atoms with Crippen LogP contribution in [0.15, 0.2) is 36.4 Å². The van der Waals surface area contributed by atoms with E-state index in [1.807, 2.05) is 31.2 Å². The Morgan fingerprint density at radius 2 is 1.72 bits per heavy atom. The SMILES string of the molecule is CCN(CC)CCN(C(=O)C1Oc2ccccc2OC1C)c1nc2c(C)c(C)ccc2s1. The van der Waals surface area contributed by atoms with Crippen molar-refractivity contribution in [1.82, 2.24) is 9.88 Å². The molecule has 0 saturated heterocycles. The van der Waals surface area contributed by atoms with Gasteiger partial charge in [-0.2, -0.15) is 0 Å². The van der Waals surface area contributed by atoms with Crippen LogP contribution in [0.3, 0.4) is 0 Å². The number of fused-ring (bicyclic) bond motifs is 2. The number of ether oxygens (including phenoxy) is 2. The quantitative estimate of drug-likeness (QED) is 0.514. The van der Waals surface area contributed by atoms with Crippen LogP contribution in [-0.2, 0) is 4.79 Å². The van der Waals surface area contributed by atoms with E-state index < -0.39 is 12.2 Å². The molecule has 1 amide bonds. The third kappa shape index (κ3) is 4.32. The number of anilines is 1. The summed E-state index contributed by atoms with van der Waals surface area (Å²) in [6.45, 7) is 13.5. The number of nitrogens with zero attached hydrogens (tertiary/aromatic N) is 3. The lowest BCUT2D eigenvalue weighted by Gasteiger charge is -2.34. The zero-order chi connectivity index (χ0) is 22.8. The van der Waals surface area contributed by atoms with E-state index in [4.69, 9.17) is 14.5 Å². The maximum Gasteiger partial charge on any atom is 0.273 e. The van der Waals surface area contributed by atoms with E-state index in [1.54, 1.807) is 16.2 Å². The van der Waals surface area contributed by atoms with Gasteiger partial charge >= 0.3 is 0 Å². The molecule has 170 valence electrons. The lowest BCUT2D eigenvalue weighted by atomic mass is 10.1. The van der Waals surface area contributed by atoms with Crippen LogP contribution in [0.4, 0.5) is 5.13 Å². The Morgan fingerprint density at radius 3 is 2.41 bits per heavy atom. The molecule has 0 bridgehead atoms. The molecule has 2 aromatic carbocycles. The Balaban J connectivity index is 1.68. The number of carbonyl (C=O) groups excluding carboxylic acids is 1. The second-order valence-corrected chi connectivity index (χ2v) is 9.18. The monoisotopic (exact) mass is 453 g/mol. The Bertz CT molecular complexity index is 1110. The highest BCUT2D eigenvalue weighted by atomic mass is 32.1. The molecule has 0 spiro atoms. The van der Waals surface area contributed by atoms with Crippen LogP contribution >= 0.6 is 11.3 Å². The Hall–Kier alpha value is -2.64. The highest BCUT2D eigenvalue weighted by Crippen LogP contribution is 2.36. The predicted molar refractivity (Wildman–Crippen MR) is 130 cm³/mol. The van der Waals surface area contributed by atoms with Gasteiger partial charge in [-0.3, -0.25) is 9.69 Å². The van der Waals surface area contributed by atoms with Crippen LogP contribution in [0.25, 0.3) is 10.2 Å². The fraction of sp³-hybridized carbons (Fsp3) is 0.440. The van der Waals surface area contributed by atoms with Gasteiger partial charge in [-0.15, -0.1) is 0 Å². The average molecular weight is 454 g/mol. The van der Waals surface area contributed by atoms with Crippen molar-refractivity contribution in [2.24, 2.45) is 0 Å². The van der Waals surface area contributed by atoms with E-state index >= 15 is 0 Å². The van der Waals surface area contributed by atoms with E-state index in [-0.39, 0.29) is 5.91 Å². The number of para-hydroxylation sites is 2. The van der Waals surface area contributed by atoms with Crippen LogP contribution in [0.5, 0.6) is 11.5 Å². The minimum absolute atomic E-state index is 0.118. The number of hydrogen-bond acceptors (Lipinski definition) is 6. The molecule has 7 heteroatoms. The Morgan fingerprint density at radius 1 is 1.03 bits per heavy atom. The first-order valence-electron chi connectivity index (χ1n) is 11.3. The molecule has 1 aliphatic heterocycles. The van der Waals surface area contributed by atoms with Crippen LogP contribution < -0.4 is 14.4 Å². The number of carbonyl (C=O) groups is 1. The fourth-order valence-corrected chi connectivity index (χ4v) is 5.01. The van der Waals surface area contributed by atoms with Crippen LogP contribution in [0, 0.1) is 13.8 Å². The molecule has 32 heavy (non-hydrogen) atoms. The van der Waals surface area contributed by atoms with E-state index in [2.05, 4.69) is 44.7 Å². The summed E-state index contributed by atoms with van der Waals surface area (Å²) in [5, 5.41) is 0.709. The lowest BCUT2D eigenvalue weighted by Crippen LogP contribution is -2.52. The number of aryl methyl sites for hydroxylation is 2. The summed E-state index contributed by atoms with van der Waals surface area (Å²) in [5.74, 6) is 1.15. The van der Waals surface area contributed by atoms with Gasteiger partial charge in [0.05, 0.1) is 10.2 Å². The second-order valence-electron chi connectivity index (χ2n) is 8.18. The molecule has 2 heterocycles. The van der Waals surface area contributed by atoms with Crippen LogP contribution in [0.1, 0.15) is 31.9 Å². The molecular weight excluding hydrogens is 422 g/mol. The summed E-state index contributed by atoms with van der Waals surface area (Å²) >= 11 is 1.55. The van der Waals surface area contributed by atoms with Gasteiger partial charge in [0.15, 0.2) is 16.6 Å². The predicted octanol–water partition coefficient (Wildman–Crippen LogP) is 4.82. The highest BCUT2D eigenvalue weighted by Gasteiger charge is 2.38. The number of rotatable bonds is 7. The molecule has 0 saturated carbocycles. The standard InChI is InChI=1S/C25H31N3O3S/c1-6-27(7-2)14-15-28(25-26-22-17(4)16(3)12-13-21(22)32-25)24(29)23-18(5)30-19-10-8-9-11-20(19)31-23/h8-13,18,23H,6-7,14-15H2,1-5H3. The summed E-state index contributed by atoms with van der Waals surface area (Å²) in [6.07, 6.45) is -1.12. The van der Waals surface area contributed by atoms with Crippen molar-refractivity contribution >= 4 is 32.6 Å². The molecule has 0 radical (unpaired) electrons. The average Bonchev–Trinajstić information content (AvgIpc) is 3.23. The largest absolute Gasteiger partial charge is 0.482 e. The fourth-order valence-electron chi connectivity index (χ4n) is 3.96. The van der Waals surface area contributed by atoms with Gasteiger partial charge in [0, 0.05) is 13.1 Å². The first-order chi connectivity index (χ1) is 15.4. The molecule has 0 fully saturated rings. The normalized spacial score (nSPS) is 17.7. The minimum Gasteiger partial charge on any atom is -0.482 e. The third-order valence-electron chi connectivity index (χ3n) is 6.19. The number of aromatic nitrogens is 1. The van der Waals surface area contributed by atoms with E-state index in [9.17, 15) is 4.79 Å². The van der Waals surface area contributed by atoms with E-state index in [0.717, 1.165) is 35.4 Å². The summed E-state index contributed by atoms with van der Waals surface area (Å²) in [5.41, 5.74) is 3.31. The number of thiazole rings is 1. The molecule has 4 rings (SSSR count). The van der Waals surface area contributed by atoms with Gasteiger partial charge in [0.25, 0.3) is 5.91 Å². The highest BCUT2D eigenvalue weighted by molar-refractivity contribution is 7.22. The van der Waals surface area contributed by atoms with Gasteiger partial charge in [0.2, 0.25) is 6.10 Å². The molecule has 3 aromatic rings. The zero-order valence-electron chi connectivity index (χ0n) is 19.4. The maximum atomic E-state index is 13.8. The first-order valence-corrected chi connectivity index (χ1v) is 12.1. The zero-order valence-corrected chi connectivity index (χ0v) is 20.2. The van der Waals surface area contributed by atoms with Gasteiger partial charge in [-0.05, 0) is 63.2 Å². The number of hydrogen-bond donors (Lipinski definition) is 0. The van der Waals surface area contributed by atoms with E-state index in [1.165, 1.54) is 5.56 Å². The van der Waals surface area contributed by atoms with Crippen LogP contribution in [-0.4, -0.2) is 54.2 Å². The first kappa shape index (κ1) is 22.6. The van der Waals surface area contributed by atoms with Crippen molar-refractivity contribution in [3.05, 3.63) is 47.5 Å². The third-order valence-corrected chi connectivity index (χ3v) is 7.23. The molecule has 0 N–H and O–H groups in total. The second kappa shape index (κ2) is 9.46. The minimum atomic E-state index is -0.726. The van der Waals surface area contributed by atoms with Gasteiger partial charge in [-0.25, -0.2) is 4.98 Å². The summed E-state index contributed by atoms with van der Waals surface area (Å²) in [4.78, 5) is 22.8. The van der Waals surface area contributed by atoms with Crippen molar-refractivity contribution < 1.29 is 14.3 Å². The smallest absolute Gasteiger partial charge is 0.273 e. The topological polar surface area (TPSA) is 54.9 Å². The molecule has 1 aliphatic rings. The number of amides is 1. The Labute approximate surface area is 193 Å². The number of benzene rings is 2. The van der Waals surface area contributed by atoms with Crippen molar-refractivity contribution in [3.63, 3.8) is 0 Å².